The van der Waals surface area contributed by atoms with Crippen LogP contribution in [0.1, 0.15) is 13.8 Å². The third kappa shape index (κ3) is 4.93. The first-order valence-corrected chi connectivity index (χ1v) is 9.46. The second-order valence-corrected chi connectivity index (χ2v) is 6.22. The number of para-hydroxylation sites is 1. The molecule has 0 aliphatic heterocycles. The molecule has 1 aromatic heterocycles. The normalized spacial score (nSPS) is 10.5. The van der Waals surface area contributed by atoms with Crippen LogP contribution in [0.15, 0.2) is 53.6 Å². The van der Waals surface area contributed by atoms with Crippen LogP contribution in [0, 0.1) is 0 Å². The van der Waals surface area contributed by atoms with E-state index < -0.39 is 11.9 Å². The summed E-state index contributed by atoms with van der Waals surface area (Å²) < 4.78 is 12.1. The topological polar surface area (TPSA) is 112 Å². The first-order valence-electron chi connectivity index (χ1n) is 9.46. The number of hydrogen-bond donors (Lipinski definition) is 2. The van der Waals surface area contributed by atoms with E-state index in [9.17, 15) is 14.4 Å². The van der Waals surface area contributed by atoms with E-state index in [0.29, 0.717) is 41.3 Å². The number of imide groups is 1. The predicted octanol–water partition coefficient (Wildman–Crippen LogP) is 2.54. The zero-order valence-electron chi connectivity index (χ0n) is 16.7. The van der Waals surface area contributed by atoms with E-state index in [2.05, 4.69) is 15.6 Å². The van der Waals surface area contributed by atoms with Gasteiger partial charge in [0.15, 0.2) is 11.5 Å². The number of aromatic nitrogens is 2. The van der Waals surface area contributed by atoms with Crippen LogP contribution in [0.5, 0.6) is 11.5 Å². The standard InChI is InChI=1S/C21H22N4O5/c1-3-29-17-10-9-14(11-18(17)30-4-2)23-21(28)24-19(26)12-25-13-22-16-8-6-5-7-15(16)20(25)27/h5-11,13H,3-4,12H2,1-2H3,(H2,23,24,26,28). The summed E-state index contributed by atoms with van der Waals surface area (Å²) >= 11 is 0. The molecule has 0 atom stereocenters. The van der Waals surface area contributed by atoms with Crippen LogP contribution in [0.2, 0.25) is 0 Å². The molecule has 9 nitrogen and oxygen atoms in total. The summed E-state index contributed by atoms with van der Waals surface area (Å²) in [6, 6.07) is 11.0. The minimum atomic E-state index is -0.728. The molecule has 0 spiro atoms. The number of nitrogens with zero attached hydrogens (tertiary/aromatic N) is 2. The summed E-state index contributed by atoms with van der Waals surface area (Å²) in [5.41, 5.74) is 0.610. The summed E-state index contributed by atoms with van der Waals surface area (Å²) in [7, 11) is 0. The summed E-state index contributed by atoms with van der Waals surface area (Å²) in [6.07, 6.45) is 1.28. The molecule has 0 saturated heterocycles. The lowest BCUT2D eigenvalue weighted by atomic mass is 10.2. The molecule has 3 amide bonds. The van der Waals surface area contributed by atoms with Crippen LogP contribution >= 0.6 is 0 Å². The Labute approximate surface area is 172 Å². The Bertz CT molecular complexity index is 1130. The number of ether oxygens (including phenoxy) is 2. The first-order chi connectivity index (χ1) is 14.5. The zero-order valence-corrected chi connectivity index (χ0v) is 16.7. The Balaban J connectivity index is 1.65. The number of hydrogen-bond acceptors (Lipinski definition) is 6. The molecule has 156 valence electrons. The van der Waals surface area contributed by atoms with Gasteiger partial charge >= 0.3 is 6.03 Å². The Morgan fingerprint density at radius 1 is 1.03 bits per heavy atom. The summed E-state index contributed by atoms with van der Waals surface area (Å²) in [6.45, 7) is 4.27. The summed E-state index contributed by atoms with van der Waals surface area (Å²) in [4.78, 5) is 41.0. The molecule has 0 aliphatic carbocycles. The molecular weight excluding hydrogens is 388 g/mol. The van der Waals surface area contributed by atoms with Crippen LogP contribution < -0.4 is 25.7 Å². The lowest BCUT2D eigenvalue weighted by Gasteiger charge is -2.13. The van der Waals surface area contributed by atoms with Gasteiger partial charge in [-0.15, -0.1) is 0 Å². The van der Waals surface area contributed by atoms with Crippen molar-refractivity contribution in [2.45, 2.75) is 20.4 Å². The number of nitrogens with one attached hydrogen (secondary N) is 2. The highest BCUT2D eigenvalue weighted by atomic mass is 16.5. The fourth-order valence-electron chi connectivity index (χ4n) is 2.83. The van der Waals surface area contributed by atoms with Crippen LogP contribution in [-0.2, 0) is 11.3 Å². The van der Waals surface area contributed by atoms with Crippen molar-refractivity contribution < 1.29 is 19.1 Å². The third-order valence-corrected chi connectivity index (χ3v) is 4.10. The fraction of sp³-hybridized carbons (Fsp3) is 0.238. The largest absolute Gasteiger partial charge is 0.490 e. The van der Waals surface area contributed by atoms with Crippen LogP contribution in [0.25, 0.3) is 10.9 Å². The highest BCUT2D eigenvalue weighted by Gasteiger charge is 2.13. The quantitative estimate of drug-likeness (QED) is 0.619. The van der Waals surface area contributed by atoms with Gasteiger partial charge in [-0.1, -0.05) is 12.1 Å². The van der Waals surface area contributed by atoms with Gasteiger partial charge in [0.2, 0.25) is 5.91 Å². The smallest absolute Gasteiger partial charge is 0.325 e. The van der Waals surface area contributed by atoms with E-state index in [1.807, 2.05) is 13.8 Å². The van der Waals surface area contributed by atoms with Crippen molar-refractivity contribution in [1.82, 2.24) is 14.9 Å². The number of rotatable bonds is 7. The van der Waals surface area contributed by atoms with Crippen LogP contribution in [0.4, 0.5) is 10.5 Å². The molecule has 3 aromatic rings. The van der Waals surface area contributed by atoms with E-state index in [-0.39, 0.29) is 12.1 Å². The highest BCUT2D eigenvalue weighted by molar-refractivity contribution is 6.01. The van der Waals surface area contributed by atoms with Gasteiger partial charge < -0.3 is 14.8 Å². The van der Waals surface area contributed by atoms with Crippen molar-refractivity contribution in [1.29, 1.82) is 0 Å². The monoisotopic (exact) mass is 410 g/mol. The number of carbonyl (C=O) groups excluding carboxylic acids is 2. The minimum absolute atomic E-state index is 0.336. The molecule has 0 saturated carbocycles. The molecule has 2 aromatic carbocycles. The molecular formula is C21H22N4O5. The number of benzene rings is 2. The number of carbonyl (C=O) groups is 2. The van der Waals surface area contributed by atoms with E-state index >= 15 is 0 Å². The van der Waals surface area contributed by atoms with E-state index in [1.165, 1.54) is 6.33 Å². The molecule has 2 N–H and O–H groups in total. The van der Waals surface area contributed by atoms with Crippen molar-refractivity contribution in [2.75, 3.05) is 18.5 Å². The first kappa shape index (κ1) is 20.8. The molecule has 0 bridgehead atoms. The van der Waals surface area contributed by atoms with Gasteiger partial charge in [0.1, 0.15) is 6.54 Å². The molecule has 30 heavy (non-hydrogen) atoms. The van der Waals surface area contributed by atoms with E-state index in [4.69, 9.17) is 9.47 Å². The van der Waals surface area contributed by atoms with Gasteiger partial charge in [0.05, 0.1) is 30.4 Å². The summed E-state index contributed by atoms with van der Waals surface area (Å²) in [5.74, 6) is 0.393. The lowest BCUT2D eigenvalue weighted by Crippen LogP contribution is -2.38. The average molecular weight is 410 g/mol. The Morgan fingerprint density at radius 3 is 2.53 bits per heavy atom. The van der Waals surface area contributed by atoms with E-state index in [0.717, 1.165) is 4.57 Å². The maximum Gasteiger partial charge on any atom is 0.325 e. The van der Waals surface area contributed by atoms with Gasteiger partial charge in [-0.25, -0.2) is 9.78 Å². The van der Waals surface area contributed by atoms with Crippen LogP contribution in [-0.4, -0.2) is 34.7 Å². The Morgan fingerprint density at radius 2 is 1.77 bits per heavy atom. The number of urea groups is 1. The number of amides is 3. The Kier molecular flexibility index (Phi) is 6.63. The van der Waals surface area contributed by atoms with Crippen LogP contribution in [0.3, 0.4) is 0 Å². The average Bonchev–Trinajstić information content (AvgIpc) is 2.72. The maximum atomic E-state index is 12.4. The zero-order chi connectivity index (χ0) is 21.5. The molecule has 0 aliphatic rings. The maximum absolute atomic E-state index is 12.4. The van der Waals surface area contributed by atoms with Gasteiger partial charge in [-0.05, 0) is 38.1 Å². The molecule has 0 fully saturated rings. The summed E-state index contributed by atoms with van der Waals surface area (Å²) in [5, 5.41) is 5.15. The van der Waals surface area contributed by atoms with Crippen molar-refractivity contribution in [3.8, 4) is 11.5 Å². The van der Waals surface area contributed by atoms with Crippen molar-refractivity contribution in [3.05, 3.63) is 59.1 Å². The molecule has 0 radical (unpaired) electrons. The van der Waals surface area contributed by atoms with Crippen molar-refractivity contribution in [3.63, 3.8) is 0 Å². The highest BCUT2D eigenvalue weighted by Crippen LogP contribution is 2.30. The van der Waals surface area contributed by atoms with Crippen molar-refractivity contribution >= 4 is 28.5 Å². The predicted molar refractivity (Wildman–Crippen MR) is 112 cm³/mol. The second-order valence-electron chi connectivity index (χ2n) is 6.22. The third-order valence-electron chi connectivity index (χ3n) is 4.10. The van der Waals surface area contributed by atoms with Gasteiger partial charge in [-0.3, -0.25) is 19.5 Å². The Hall–Kier alpha value is -3.88. The lowest BCUT2D eigenvalue weighted by molar-refractivity contribution is -0.120. The number of fused-ring (bicyclic) bond motifs is 1. The van der Waals surface area contributed by atoms with Gasteiger partial charge in [0, 0.05) is 11.8 Å². The second kappa shape index (κ2) is 9.55. The molecule has 3 rings (SSSR count). The van der Waals surface area contributed by atoms with Crippen molar-refractivity contribution in [2.24, 2.45) is 0 Å². The number of anilines is 1. The van der Waals surface area contributed by atoms with Gasteiger partial charge in [0.25, 0.3) is 5.56 Å². The SMILES string of the molecule is CCOc1ccc(NC(=O)NC(=O)Cn2cnc3ccccc3c2=O)cc1OCC. The minimum Gasteiger partial charge on any atom is -0.490 e. The molecule has 0 unspecified atom stereocenters. The fourth-order valence-corrected chi connectivity index (χ4v) is 2.83. The molecule has 9 heteroatoms. The molecule has 1 heterocycles. The van der Waals surface area contributed by atoms with Gasteiger partial charge in [-0.2, -0.15) is 0 Å². The van der Waals surface area contributed by atoms with E-state index in [1.54, 1.807) is 42.5 Å².